The molecule has 0 aliphatic rings. The van der Waals surface area contributed by atoms with Crippen molar-refractivity contribution in [3.05, 3.63) is 247 Å². The van der Waals surface area contributed by atoms with Gasteiger partial charge in [-0.3, -0.25) is 9.59 Å². The summed E-state index contributed by atoms with van der Waals surface area (Å²) in [6, 6.07) is 68.1. The highest BCUT2D eigenvalue weighted by atomic mass is 32.1. The number of aromatic carboxylic acids is 1. The molecule has 3 heterocycles. The Morgan fingerprint density at radius 2 is 0.617 bits per heavy atom. The van der Waals surface area contributed by atoms with Gasteiger partial charge in [-0.15, -0.1) is 25.3 Å². The molecule has 14 N–H and O–H groups in total. The normalized spacial score (nSPS) is 10.5. The first-order valence-electron chi connectivity index (χ1n) is 33.0. The van der Waals surface area contributed by atoms with Crippen molar-refractivity contribution in [1.82, 2.24) is 44.9 Å². The van der Waals surface area contributed by atoms with Crippen molar-refractivity contribution in [3.63, 3.8) is 0 Å². The van der Waals surface area contributed by atoms with E-state index in [2.05, 4.69) is 130 Å². The molecule has 0 unspecified atom stereocenters. The van der Waals surface area contributed by atoms with E-state index in [1.165, 1.54) is 12.1 Å². The Labute approximate surface area is 627 Å². The highest BCUT2D eigenvalue weighted by molar-refractivity contribution is 7.80. The molecule has 0 atom stereocenters. The Balaban J connectivity index is 0.000000184. The van der Waals surface area contributed by atoms with Crippen LogP contribution >= 0.6 is 25.3 Å². The lowest BCUT2D eigenvalue weighted by molar-refractivity contribution is -0.191. The molecule has 9 aromatic carbocycles. The summed E-state index contributed by atoms with van der Waals surface area (Å²) in [6.07, 6.45) is 2.60. The summed E-state index contributed by atoms with van der Waals surface area (Å²) in [7, 11) is -2.71. The lowest BCUT2D eigenvalue weighted by atomic mass is 10.1. The van der Waals surface area contributed by atoms with Crippen molar-refractivity contribution in [1.29, 1.82) is 0 Å². The van der Waals surface area contributed by atoms with Crippen molar-refractivity contribution in [2.75, 3.05) is 79.1 Å². The van der Waals surface area contributed by atoms with Crippen molar-refractivity contribution in [2.45, 2.75) is 43.0 Å². The summed E-state index contributed by atoms with van der Waals surface area (Å²) in [5.74, 6) is 2.02. The number of hydrogen-bond acceptors (Lipinski definition) is 30. The van der Waals surface area contributed by atoms with E-state index in [0.717, 1.165) is 74.2 Å². The Morgan fingerprint density at radius 3 is 0.869 bits per heavy atom. The number of thiol groups is 2. The number of aromatic nitrogens is 9. The minimum Gasteiger partial charge on any atom is -0.478 e. The number of aldehydes is 2. The highest BCUT2D eigenvalue weighted by Crippen LogP contribution is 2.28. The fraction of sp³-hybridized carbons (Fsp3) is 0.107. The van der Waals surface area contributed by atoms with Crippen LogP contribution in [0, 0.1) is 0 Å². The van der Waals surface area contributed by atoms with Gasteiger partial charge in [-0.2, -0.15) is 54.4 Å². The summed E-state index contributed by atoms with van der Waals surface area (Å²) in [6.45, 7) is 7.58. The molecule has 3 aromatic heterocycles. The number of nitrogens with two attached hydrogens (primary N) is 2. The number of carboxylic acid groups (broad SMARTS) is 1. The highest BCUT2D eigenvalue weighted by Gasteiger charge is 2.40. The number of carbonyl (C=O) groups is 3. The van der Waals surface area contributed by atoms with Crippen molar-refractivity contribution < 1.29 is 42.4 Å². The number of rotatable bonds is 30. The number of benzene rings is 9. The molecule has 0 saturated heterocycles. The minimum atomic E-state index is -2.71. The van der Waals surface area contributed by atoms with Crippen LogP contribution in [0.4, 0.5) is 116 Å². The summed E-state index contributed by atoms with van der Waals surface area (Å²) in [4.78, 5) is 91.1. The van der Waals surface area contributed by atoms with E-state index >= 15 is 0 Å². The van der Waals surface area contributed by atoms with Crippen LogP contribution in [-0.2, 0) is 29.3 Å². The van der Waals surface area contributed by atoms with Crippen LogP contribution in [0.25, 0.3) is 0 Å². The molecule has 0 fully saturated rings. The van der Waals surface area contributed by atoms with Gasteiger partial charge in [0, 0.05) is 109 Å². The molecule has 29 nitrogen and oxygen atoms in total. The Kier molecular flexibility index (Phi) is 29.1. The second kappa shape index (κ2) is 40.0. The van der Waals surface area contributed by atoms with Gasteiger partial charge in [0.1, 0.15) is 12.6 Å². The average molecular weight is 1490 g/mol. The molecule has 0 spiro atoms. The van der Waals surface area contributed by atoms with Crippen LogP contribution in [0.2, 0.25) is 6.04 Å². The molecule has 0 bridgehead atoms. The zero-order valence-electron chi connectivity index (χ0n) is 57.8. The number of nitrogens with one attached hydrogen (secondary N) is 9. The lowest BCUT2D eigenvalue weighted by Gasteiger charge is -2.28. The molecule has 0 radical (unpaired) electrons. The predicted molar refractivity (Wildman–Crippen MR) is 422 cm³/mol. The smallest absolute Gasteiger partial charge is 0.478 e. The monoisotopic (exact) mass is 1490 g/mol. The van der Waals surface area contributed by atoms with Crippen LogP contribution in [0.3, 0.4) is 0 Å². The van der Waals surface area contributed by atoms with E-state index in [9.17, 15) is 14.4 Å². The Morgan fingerprint density at radius 1 is 0.383 bits per heavy atom. The first-order chi connectivity index (χ1) is 52.0. The van der Waals surface area contributed by atoms with E-state index in [1.807, 2.05) is 136 Å². The van der Waals surface area contributed by atoms with Gasteiger partial charge < -0.3 is 77.7 Å². The molecule has 544 valence electrons. The maximum Gasteiger partial charge on any atom is 0.501 e. The second-order valence-corrected chi connectivity index (χ2v) is 26.1. The topological polar surface area (TPSA) is 410 Å². The number of nitrogen functional groups attached to an aromatic ring is 2. The van der Waals surface area contributed by atoms with Gasteiger partial charge in [0.15, 0.2) is 0 Å². The molecular formula is C75H74N20O9S2Si. The standard InChI is InChI=1S/C29H38N8O3Si.C23H18N6O3.C22H18N6OS2.CO2/c1-4-38-41(39-5-2,40-6-3)20-19-21-7-13-24(14-8-21)32-27-35-28(33-25-15-9-22(30)10-16-25)37-29(36-27)34-26-17-11-23(31)12-18-26;30-14-15-6-10-18(11-7-15)25-22-27-21(24-17-4-2-1-3-5-17)28-23(29-22)26-19-12-8-16(9-13-19)20(31)32;29-13-14-1-3-15(4-2-14)23-20-26-21(24-16-5-9-18(30)10-6-16)28-22(27-20)25-17-7-11-19(31)12-8-17;2-1-3/h7-18H,4-6,19-20,30-31H2,1-3H3,(H3,32,33,34,35,36,37);1-14H,(H,31,32)(H3,24,25,26,27,28,29);1-13,30-31H,(H3,23,24,25,26,27,28);. The molecule has 107 heavy (non-hydrogen) atoms. The number of para-hydroxylation sites is 1. The van der Waals surface area contributed by atoms with Crippen LogP contribution in [0.15, 0.2) is 234 Å². The molecule has 0 amide bonds. The maximum absolute atomic E-state index is 11.1. The average Bonchev–Trinajstić information content (AvgIpc) is 0.841. The number of aryl methyl sites for hydroxylation is 1. The fourth-order valence-electron chi connectivity index (χ4n) is 9.58. The van der Waals surface area contributed by atoms with Crippen molar-refractivity contribution >= 4 is 175 Å². The number of anilines is 20. The molecule has 0 aliphatic heterocycles. The molecular weight excluding hydrogens is 1420 g/mol. The molecule has 32 heteroatoms. The molecule has 12 aromatic rings. The van der Waals surface area contributed by atoms with E-state index in [4.69, 9.17) is 39.4 Å². The van der Waals surface area contributed by atoms with E-state index in [1.54, 1.807) is 84.9 Å². The third-order valence-corrected chi connectivity index (χ3v) is 18.2. The van der Waals surface area contributed by atoms with Gasteiger partial charge in [0.05, 0.1) is 5.56 Å². The van der Waals surface area contributed by atoms with Crippen LogP contribution in [0.5, 0.6) is 0 Å². The fourth-order valence-corrected chi connectivity index (χ4v) is 12.5. The van der Waals surface area contributed by atoms with Gasteiger partial charge in [-0.25, -0.2) is 4.79 Å². The van der Waals surface area contributed by atoms with Gasteiger partial charge >= 0.3 is 20.9 Å². The number of hydrogen-bond donors (Lipinski definition) is 14. The third kappa shape index (κ3) is 25.6. The number of carboxylic acids is 1. The number of nitrogens with zero attached hydrogens (tertiary/aromatic N) is 9. The van der Waals surface area contributed by atoms with Gasteiger partial charge in [-0.05, 0) is 227 Å². The summed E-state index contributed by atoms with van der Waals surface area (Å²) in [5.41, 5.74) is 22.4. The van der Waals surface area contributed by atoms with Gasteiger partial charge in [-0.1, -0.05) is 30.3 Å². The zero-order chi connectivity index (χ0) is 75.8. The predicted octanol–water partition coefficient (Wildman–Crippen LogP) is 15.4. The Bertz CT molecular complexity index is 4710. The second-order valence-electron chi connectivity index (χ2n) is 22.4. The zero-order valence-corrected chi connectivity index (χ0v) is 60.6. The quantitative estimate of drug-likeness (QED) is 0.00860. The first-order valence-corrected chi connectivity index (χ1v) is 35.8. The van der Waals surface area contributed by atoms with Crippen LogP contribution in [0.1, 0.15) is 57.4 Å². The van der Waals surface area contributed by atoms with Gasteiger partial charge in [0.2, 0.25) is 53.5 Å². The van der Waals surface area contributed by atoms with Crippen molar-refractivity contribution in [2.24, 2.45) is 0 Å². The SMILES string of the molecule is CCO[Si](CCc1ccc(Nc2nc(Nc3ccc(N)cc3)nc(Nc3ccc(N)cc3)n2)cc1)(OCC)OCC.O=C=O.O=Cc1ccc(Nc2nc(Nc3ccc(S)cc3)nc(Nc3ccc(S)cc3)n2)cc1.O=Cc1ccc(Nc2nc(Nc3ccccc3)nc(Nc3ccc(C(=O)O)cc3)n2)cc1. The maximum atomic E-state index is 11.1. The van der Waals surface area contributed by atoms with E-state index < -0.39 is 14.8 Å². The lowest BCUT2D eigenvalue weighted by Crippen LogP contribution is -2.46. The molecule has 12 rings (SSSR count). The van der Waals surface area contributed by atoms with Gasteiger partial charge in [0.25, 0.3) is 0 Å². The summed E-state index contributed by atoms with van der Waals surface area (Å²) < 4.78 is 18.0. The first kappa shape index (κ1) is 77.9. The van der Waals surface area contributed by atoms with E-state index in [-0.39, 0.29) is 23.6 Å². The minimum absolute atomic E-state index is 0.179. The summed E-state index contributed by atoms with van der Waals surface area (Å²) in [5, 5.41) is 37.6. The van der Waals surface area contributed by atoms with Crippen molar-refractivity contribution in [3.8, 4) is 0 Å². The molecule has 0 aliphatic carbocycles. The summed E-state index contributed by atoms with van der Waals surface area (Å²) >= 11 is 8.61. The van der Waals surface area contributed by atoms with Crippen LogP contribution < -0.4 is 59.3 Å². The Hall–Kier alpha value is -13.2. The van der Waals surface area contributed by atoms with E-state index in [0.29, 0.717) is 101 Å². The molecule has 0 saturated carbocycles. The number of carbonyl (C=O) groups excluding carboxylic acids is 4. The van der Waals surface area contributed by atoms with Crippen LogP contribution in [-0.4, -0.2) is 103 Å². The third-order valence-electron chi connectivity index (χ3n) is 14.5. The largest absolute Gasteiger partial charge is 0.501 e.